The van der Waals surface area contributed by atoms with Gasteiger partial charge in [0.25, 0.3) is 0 Å². The molecule has 0 atom stereocenters. The van der Waals surface area contributed by atoms with E-state index in [0.29, 0.717) is 19.6 Å². The highest BCUT2D eigenvalue weighted by Crippen LogP contribution is 2.10. The zero-order valence-electron chi connectivity index (χ0n) is 24.6. The molecule has 0 radical (unpaired) electrons. The predicted molar refractivity (Wildman–Crippen MR) is 151 cm³/mol. The van der Waals surface area contributed by atoms with Gasteiger partial charge >= 0.3 is 29.8 Å². The maximum absolute atomic E-state index is 12.4. The summed E-state index contributed by atoms with van der Waals surface area (Å²) in [5, 5.41) is 39.2. The number of carboxylic acid groups (broad SMARTS) is 4. The first kappa shape index (κ1) is 38.7. The number of amides is 1. The number of hydrogen-bond acceptors (Lipinski definition) is 10. The topological polar surface area (TPSA) is 214 Å². The summed E-state index contributed by atoms with van der Waals surface area (Å²) in [6, 6.07) is 0. The first-order chi connectivity index (χ1) is 19.9. The third-order valence-corrected chi connectivity index (χ3v) is 6.20. The highest BCUT2D eigenvalue weighted by atomic mass is 16.5. The third-order valence-electron chi connectivity index (χ3n) is 6.20. The molecule has 15 heteroatoms. The fourth-order valence-electron chi connectivity index (χ4n) is 4.20. The summed E-state index contributed by atoms with van der Waals surface area (Å²) in [5.74, 6) is -5.26. The Hall–Kier alpha value is -3.30. The molecule has 0 heterocycles. The van der Waals surface area contributed by atoms with Crippen LogP contribution in [0.2, 0.25) is 0 Å². The van der Waals surface area contributed by atoms with E-state index in [1.165, 1.54) is 9.80 Å². The molecule has 0 saturated heterocycles. The molecule has 0 aliphatic heterocycles. The fraction of sp³-hybridized carbons (Fsp3) is 0.778. The lowest BCUT2D eigenvalue weighted by atomic mass is 10.1. The molecule has 0 aromatic rings. The summed E-state index contributed by atoms with van der Waals surface area (Å²) in [6.45, 7) is 0.682. The van der Waals surface area contributed by atoms with Gasteiger partial charge in [-0.25, -0.2) is 0 Å². The third kappa shape index (κ3) is 24.5. The van der Waals surface area contributed by atoms with Crippen molar-refractivity contribution < 1.29 is 53.9 Å². The lowest BCUT2D eigenvalue weighted by Gasteiger charge is -2.27. The molecule has 0 bridgehead atoms. The van der Waals surface area contributed by atoms with Gasteiger partial charge in [-0.05, 0) is 19.8 Å². The normalized spacial score (nSPS) is 11.1. The lowest BCUT2D eigenvalue weighted by Crippen LogP contribution is -2.46. The minimum atomic E-state index is -1.22. The second-order valence-corrected chi connectivity index (χ2v) is 10.0. The Kier molecular flexibility index (Phi) is 22.4. The molecular formula is C27H48N4O11. The van der Waals surface area contributed by atoms with Crippen molar-refractivity contribution in [2.24, 2.45) is 0 Å². The zero-order chi connectivity index (χ0) is 31.8. The number of rotatable bonds is 28. The molecule has 1 amide bonds. The number of esters is 1. The second-order valence-electron chi connectivity index (χ2n) is 10.0. The van der Waals surface area contributed by atoms with Crippen LogP contribution < -0.4 is 5.32 Å². The number of carboxylic acids is 4. The molecule has 0 aromatic carbocycles. The number of nitrogens with one attached hydrogen (secondary N) is 1. The monoisotopic (exact) mass is 604 g/mol. The Morgan fingerprint density at radius 3 is 1.38 bits per heavy atom. The summed E-state index contributed by atoms with van der Waals surface area (Å²) >= 11 is 0. The van der Waals surface area contributed by atoms with Gasteiger partial charge in [0.05, 0.1) is 39.3 Å². The standard InChI is InChI=1S/C27H48N4O11/c1-2-42-27(41)11-9-7-5-3-4-6-8-10-12-28-22(32)17-30(19-24(35)36)15-13-29(18-23(33)34)14-16-31(20-25(37)38)21-26(39)40/h2-21H2,1H3,(H,28,32)(H,33,34)(H,35,36)(H,37,38)(H,39,40). The van der Waals surface area contributed by atoms with Crippen molar-refractivity contribution >= 4 is 35.8 Å². The molecule has 0 aromatic heterocycles. The minimum Gasteiger partial charge on any atom is -0.480 e. The first-order valence-corrected chi connectivity index (χ1v) is 14.4. The summed E-state index contributed by atoms with van der Waals surface area (Å²) in [6.07, 6.45) is 8.22. The van der Waals surface area contributed by atoms with Crippen LogP contribution >= 0.6 is 0 Å². The Morgan fingerprint density at radius 1 is 0.548 bits per heavy atom. The van der Waals surface area contributed by atoms with Crippen LogP contribution in [-0.2, 0) is 33.5 Å². The van der Waals surface area contributed by atoms with E-state index >= 15 is 0 Å². The predicted octanol–water partition coefficient (Wildman–Crippen LogP) is 0.421. The number of carbonyl (C=O) groups is 6. The van der Waals surface area contributed by atoms with E-state index in [9.17, 15) is 39.0 Å². The smallest absolute Gasteiger partial charge is 0.317 e. The maximum atomic E-state index is 12.4. The molecule has 42 heavy (non-hydrogen) atoms. The molecule has 0 fully saturated rings. The minimum absolute atomic E-state index is 0.0270. The van der Waals surface area contributed by atoms with Crippen molar-refractivity contribution in [3.8, 4) is 0 Å². The van der Waals surface area contributed by atoms with E-state index in [-0.39, 0.29) is 44.6 Å². The molecule has 242 valence electrons. The fourth-order valence-corrected chi connectivity index (χ4v) is 4.20. The molecule has 0 spiro atoms. The second kappa shape index (κ2) is 24.3. The summed E-state index contributed by atoms with van der Waals surface area (Å²) in [7, 11) is 0. The Morgan fingerprint density at radius 2 is 0.929 bits per heavy atom. The van der Waals surface area contributed by atoms with Gasteiger partial charge in [-0.3, -0.25) is 43.5 Å². The van der Waals surface area contributed by atoms with Crippen molar-refractivity contribution in [2.45, 2.75) is 64.7 Å². The van der Waals surface area contributed by atoms with Crippen LogP contribution in [0, 0.1) is 0 Å². The van der Waals surface area contributed by atoms with Gasteiger partial charge < -0.3 is 30.5 Å². The van der Waals surface area contributed by atoms with Crippen LogP contribution in [0.3, 0.4) is 0 Å². The van der Waals surface area contributed by atoms with Crippen LogP contribution in [0.25, 0.3) is 0 Å². The quantitative estimate of drug-likeness (QED) is 0.0605. The van der Waals surface area contributed by atoms with E-state index in [2.05, 4.69) is 5.32 Å². The molecule has 0 aliphatic rings. The summed E-state index contributed by atoms with van der Waals surface area (Å²) in [5.41, 5.74) is 0. The highest BCUT2D eigenvalue weighted by molar-refractivity contribution is 5.79. The molecule has 0 aliphatic carbocycles. The van der Waals surface area contributed by atoms with E-state index in [1.807, 2.05) is 0 Å². The molecule has 0 saturated carbocycles. The lowest BCUT2D eigenvalue weighted by molar-refractivity contribution is -0.144. The number of carbonyl (C=O) groups excluding carboxylic acids is 2. The van der Waals surface area contributed by atoms with Gasteiger partial charge in [-0.2, -0.15) is 0 Å². The molecule has 0 unspecified atom stereocenters. The number of nitrogens with zero attached hydrogens (tertiary/aromatic N) is 3. The van der Waals surface area contributed by atoms with E-state index in [1.54, 1.807) is 6.92 Å². The van der Waals surface area contributed by atoms with Gasteiger partial charge in [0.15, 0.2) is 0 Å². The molecule has 15 nitrogen and oxygen atoms in total. The van der Waals surface area contributed by atoms with Crippen LogP contribution in [0.4, 0.5) is 0 Å². The van der Waals surface area contributed by atoms with Gasteiger partial charge in [-0.15, -0.1) is 0 Å². The first-order valence-electron chi connectivity index (χ1n) is 14.4. The van der Waals surface area contributed by atoms with Gasteiger partial charge in [0.2, 0.25) is 5.91 Å². The van der Waals surface area contributed by atoms with Crippen LogP contribution in [0.5, 0.6) is 0 Å². The average Bonchev–Trinajstić information content (AvgIpc) is 2.87. The molecule has 5 N–H and O–H groups in total. The number of ether oxygens (including phenoxy) is 1. The number of unbranched alkanes of at least 4 members (excludes halogenated alkanes) is 7. The van der Waals surface area contributed by atoms with Crippen LogP contribution in [0.15, 0.2) is 0 Å². The number of aliphatic carboxylic acids is 4. The van der Waals surface area contributed by atoms with Crippen molar-refractivity contribution in [1.29, 1.82) is 0 Å². The zero-order valence-corrected chi connectivity index (χ0v) is 24.6. The summed E-state index contributed by atoms with van der Waals surface area (Å²) < 4.78 is 4.90. The largest absolute Gasteiger partial charge is 0.480 e. The Balaban J connectivity index is 4.44. The van der Waals surface area contributed by atoms with Crippen LogP contribution in [0.1, 0.15) is 64.7 Å². The summed E-state index contributed by atoms with van der Waals surface area (Å²) in [4.78, 5) is 72.3. The Labute approximate surface area is 246 Å². The van der Waals surface area contributed by atoms with Crippen LogP contribution in [-0.4, -0.2) is 143 Å². The van der Waals surface area contributed by atoms with Gasteiger partial charge in [0, 0.05) is 39.1 Å². The van der Waals surface area contributed by atoms with Crippen molar-refractivity contribution in [2.75, 3.05) is 72.1 Å². The maximum Gasteiger partial charge on any atom is 0.317 e. The average molecular weight is 605 g/mol. The molecular weight excluding hydrogens is 556 g/mol. The SMILES string of the molecule is CCOC(=O)CCCCCCCCCCNC(=O)CN(CCN(CCN(CC(=O)O)CC(=O)O)CC(=O)O)CC(=O)O. The number of hydrogen-bond donors (Lipinski definition) is 5. The van der Waals surface area contributed by atoms with Gasteiger partial charge in [0.1, 0.15) is 0 Å². The van der Waals surface area contributed by atoms with Gasteiger partial charge in [-0.1, -0.05) is 38.5 Å². The van der Waals surface area contributed by atoms with E-state index in [4.69, 9.17) is 14.9 Å². The van der Waals surface area contributed by atoms with E-state index < -0.39 is 50.1 Å². The van der Waals surface area contributed by atoms with Crippen molar-refractivity contribution in [3.63, 3.8) is 0 Å². The molecule has 0 rings (SSSR count). The highest BCUT2D eigenvalue weighted by Gasteiger charge is 2.19. The van der Waals surface area contributed by atoms with E-state index in [0.717, 1.165) is 56.3 Å². The van der Waals surface area contributed by atoms with Crippen molar-refractivity contribution in [1.82, 2.24) is 20.0 Å². The van der Waals surface area contributed by atoms with Crippen molar-refractivity contribution in [3.05, 3.63) is 0 Å². The Bertz CT molecular complexity index is 825.